The molecule has 0 fully saturated rings. The fraction of sp³-hybridized carbons (Fsp3) is 0.417. The topological polar surface area (TPSA) is 43.6 Å². The predicted octanol–water partition coefficient (Wildman–Crippen LogP) is 3.06. The van der Waals surface area contributed by atoms with E-state index in [9.17, 15) is 0 Å². The molecule has 2 aromatic heterocycles. The Labute approximate surface area is 106 Å². The molecule has 5 heteroatoms. The average Bonchev–Trinajstić information content (AvgIpc) is 2.57. The lowest BCUT2D eigenvalue weighted by atomic mass is 10.2. The molecule has 0 aromatic carbocycles. The zero-order chi connectivity index (χ0) is 12.6. The molecule has 0 saturated carbocycles. The third-order valence-electron chi connectivity index (χ3n) is 2.44. The molecule has 0 bridgehead atoms. The third-order valence-corrected chi connectivity index (χ3v) is 2.64. The summed E-state index contributed by atoms with van der Waals surface area (Å²) in [5.41, 5.74) is 2.00. The minimum Gasteiger partial charge on any atom is -0.221 e. The average molecular weight is 251 g/mol. The van der Waals surface area contributed by atoms with Crippen LogP contribution in [0.2, 0.25) is 5.15 Å². The highest BCUT2D eigenvalue weighted by molar-refractivity contribution is 6.29. The lowest BCUT2D eigenvalue weighted by Gasteiger charge is -2.08. The summed E-state index contributed by atoms with van der Waals surface area (Å²) in [6.45, 7) is 8.02. The minimum absolute atomic E-state index is 0.240. The Kier molecular flexibility index (Phi) is 3.15. The fourth-order valence-electron chi connectivity index (χ4n) is 1.65. The quantitative estimate of drug-likeness (QED) is 0.770. The summed E-state index contributed by atoms with van der Waals surface area (Å²) in [6.07, 6.45) is 0. The molecule has 0 unspecified atom stereocenters. The van der Waals surface area contributed by atoms with Crippen molar-refractivity contribution >= 4 is 11.6 Å². The van der Waals surface area contributed by atoms with E-state index in [0.717, 1.165) is 23.0 Å². The molecule has 2 aromatic rings. The Hall–Kier alpha value is -1.42. The van der Waals surface area contributed by atoms with Crippen LogP contribution in [0.5, 0.6) is 0 Å². The molecule has 0 N–H and O–H groups in total. The van der Waals surface area contributed by atoms with E-state index in [1.165, 1.54) is 0 Å². The summed E-state index contributed by atoms with van der Waals surface area (Å²) in [7, 11) is 0. The van der Waals surface area contributed by atoms with E-state index in [4.69, 9.17) is 11.6 Å². The zero-order valence-corrected chi connectivity index (χ0v) is 11.2. The van der Waals surface area contributed by atoms with Crippen LogP contribution in [0.25, 0.3) is 5.82 Å². The van der Waals surface area contributed by atoms with Crippen LogP contribution in [0.3, 0.4) is 0 Å². The van der Waals surface area contributed by atoms with Gasteiger partial charge < -0.3 is 0 Å². The van der Waals surface area contributed by atoms with Crippen molar-refractivity contribution < 1.29 is 0 Å². The van der Waals surface area contributed by atoms with E-state index in [0.29, 0.717) is 5.15 Å². The molecule has 0 atom stereocenters. The van der Waals surface area contributed by atoms with E-state index in [1.807, 2.05) is 33.8 Å². The van der Waals surface area contributed by atoms with Crippen molar-refractivity contribution in [2.45, 2.75) is 33.6 Å². The molecular weight excluding hydrogens is 236 g/mol. The van der Waals surface area contributed by atoms with Crippen molar-refractivity contribution in [3.8, 4) is 5.82 Å². The van der Waals surface area contributed by atoms with Crippen molar-refractivity contribution in [3.63, 3.8) is 0 Å². The first-order valence-corrected chi connectivity index (χ1v) is 5.93. The first-order chi connectivity index (χ1) is 7.97. The monoisotopic (exact) mass is 250 g/mol. The second kappa shape index (κ2) is 4.45. The van der Waals surface area contributed by atoms with E-state index in [1.54, 1.807) is 10.7 Å². The fourth-order valence-corrected chi connectivity index (χ4v) is 1.83. The van der Waals surface area contributed by atoms with Gasteiger partial charge in [-0.2, -0.15) is 5.10 Å². The molecule has 0 amide bonds. The Morgan fingerprint density at radius 3 is 2.41 bits per heavy atom. The molecule has 0 aliphatic heterocycles. The Bertz CT molecular complexity index is 545. The standard InChI is InChI=1S/C12H15ClN4/c1-7(2)12-14-10(13)6-11(15-12)17-9(4)5-8(3)16-17/h5-7H,1-4H3. The zero-order valence-electron chi connectivity index (χ0n) is 10.4. The van der Waals surface area contributed by atoms with Crippen LogP contribution in [0.4, 0.5) is 0 Å². The number of halogens is 1. The van der Waals surface area contributed by atoms with Crippen LogP contribution in [-0.4, -0.2) is 19.7 Å². The molecule has 90 valence electrons. The van der Waals surface area contributed by atoms with E-state index in [-0.39, 0.29) is 5.92 Å². The van der Waals surface area contributed by atoms with Gasteiger partial charge in [-0.05, 0) is 19.9 Å². The number of nitrogens with zero attached hydrogens (tertiary/aromatic N) is 4. The lowest BCUT2D eigenvalue weighted by Crippen LogP contribution is -2.07. The Morgan fingerprint density at radius 1 is 1.18 bits per heavy atom. The lowest BCUT2D eigenvalue weighted by molar-refractivity contribution is 0.735. The van der Waals surface area contributed by atoms with Crippen molar-refractivity contribution in [3.05, 3.63) is 34.5 Å². The Morgan fingerprint density at radius 2 is 1.88 bits per heavy atom. The number of aromatic nitrogens is 4. The maximum atomic E-state index is 6.01. The van der Waals surface area contributed by atoms with Gasteiger partial charge >= 0.3 is 0 Å². The third kappa shape index (κ3) is 2.47. The second-order valence-electron chi connectivity index (χ2n) is 4.40. The number of rotatable bonds is 2. The van der Waals surface area contributed by atoms with Gasteiger partial charge in [-0.3, -0.25) is 0 Å². The first-order valence-electron chi connectivity index (χ1n) is 5.55. The van der Waals surface area contributed by atoms with Gasteiger partial charge in [-0.1, -0.05) is 25.4 Å². The number of aryl methyl sites for hydroxylation is 2. The van der Waals surface area contributed by atoms with Gasteiger partial charge in [0.25, 0.3) is 0 Å². The summed E-state index contributed by atoms with van der Waals surface area (Å²) in [5, 5.41) is 4.84. The van der Waals surface area contributed by atoms with Crippen molar-refractivity contribution in [1.82, 2.24) is 19.7 Å². The summed E-state index contributed by atoms with van der Waals surface area (Å²) in [6, 6.07) is 3.73. The number of hydrogen-bond donors (Lipinski definition) is 0. The van der Waals surface area contributed by atoms with Crippen molar-refractivity contribution in [2.24, 2.45) is 0 Å². The maximum Gasteiger partial charge on any atom is 0.158 e. The van der Waals surface area contributed by atoms with Gasteiger partial charge in [-0.15, -0.1) is 0 Å². The highest BCUT2D eigenvalue weighted by Crippen LogP contribution is 2.17. The SMILES string of the molecule is Cc1cc(C)n(-c2cc(Cl)nc(C(C)C)n2)n1. The van der Waals surface area contributed by atoms with Crippen LogP contribution >= 0.6 is 11.6 Å². The van der Waals surface area contributed by atoms with Gasteiger partial charge in [0.05, 0.1) is 5.69 Å². The molecular formula is C12H15ClN4. The van der Waals surface area contributed by atoms with Crippen LogP contribution < -0.4 is 0 Å². The summed E-state index contributed by atoms with van der Waals surface area (Å²) < 4.78 is 1.79. The molecule has 0 aliphatic carbocycles. The molecule has 4 nitrogen and oxygen atoms in total. The number of hydrogen-bond acceptors (Lipinski definition) is 3. The molecule has 2 heterocycles. The van der Waals surface area contributed by atoms with Crippen LogP contribution in [0, 0.1) is 13.8 Å². The van der Waals surface area contributed by atoms with Gasteiger partial charge in [0.15, 0.2) is 5.82 Å². The minimum atomic E-state index is 0.240. The largest absolute Gasteiger partial charge is 0.221 e. The molecule has 0 spiro atoms. The van der Waals surface area contributed by atoms with E-state index in [2.05, 4.69) is 15.1 Å². The van der Waals surface area contributed by atoms with Gasteiger partial charge in [0.1, 0.15) is 11.0 Å². The summed E-state index contributed by atoms with van der Waals surface area (Å²) in [4.78, 5) is 8.69. The molecule has 0 radical (unpaired) electrons. The van der Waals surface area contributed by atoms with Crippen molar-refractivity contribution in [2.75, 3.05) is 0 Å². The first kappa shape index (κ1) is 12.0. The smallest absolute Gasteiger partial charge is 0.158 e. The molecule has 0 aliphatic rings. The van der Waals surface area contributed by atoms with Crippen LogP contribution in [0.15, 0.2) is 12.1 Å². The Balaban J connectivity index is 2.55. The highest BCUT2D eigenvalue weighted by atomic mass is 35.5. The van der Waals surface area contributed by atoms with Gasteiger partial charge in [-0.25, -0.2) is 14.6 Å². The van der Waals surface area contributed by atoms with E-state index >= 15 is 0 Å². The maximum absolute atomic E-state index is 6.01. The van der Waals surface area contributed by atoms with Gasteiger partial charge in [0.2, 0.25) is 0 Å². The van der Waals surface area contributed by atoms with Crippen molar-refractivity contribution in [1.29, 1.82) is 0 Å². The molecule has 0 saturated heterocycles. The highest BCUT2D eigenvalue weighted by Gasteiger charge is 2.10. The predicted molar refractivity (Wildman–Crippen MR) is 67.7 cm³/mol. The summed E-state index contributed by atoms with van der Waals surface area (Å²) >= 11 is 6.01. The van der Waals surface area contributed by atoms with Crippen LogP contribution in [0.1, 0.15) is 37.0 Å². The van der Waals surface area contributed by atoms with E-state index < -0.39 is 0 Å². The normalized spacial score (nSPS) is 11.2. The van der Waals surface area contributed by atoms with Gasteiger partial charge in [0, 0.05) is 17.7 Å². The second-order valence-corrected chi connectivity index (χ2v) is 4.79. The summed E-state index contributed by atoms with van der Waals surface area (Å²) in [5.74, 6) is 1.70. The molecule has 17 heavy (non-hydrogen) atoms. The van der Waals surface area contributed by atoms with Crippen LogP contribution in [-0.2, 0) is 0 Å². The molecule has 2 rings (SSSR count).